The van der Waals surface area contributed by atoms with Gasteiger partial charge in [-0.1, -0.05) is 29.7 Å². The van der Waals surface area contributed by atoms with Crippen molar-refractivity contribution in [3.8, 4) is 23.8 Å². The number of hydrogen-bond acceptors (Lipinski definition) is 5. The lowest BCUT2D eigenvalue weighted by molar-refractivity contribution is -0.122. The molecule has 1 heterocycles. The molecule has 0 atom stereocenters. The topological polar surface area (TPSA) is 84.9 Å². The van der Waals surface area contributed by atoms with Gasteiger partial charge in [-0.3, -0.25) is 14.9 Å². The first-order valence-corrected chi connectivity index (χ1v) is 9.25. The highest BCUT2D eigenvalue weighted by molar-refractivity contribution is 6.39. The number of nitrogens with one attached hydrogen (secondary N) is 1. The van der Waals surface area contributed by atoms with Crippen LogP contribution in [0.5, 0.6) is 11.5 Å². The van der Waals surface area contributed by atoms with Gasteiger partial charge < -0.3 is 9.47 Å². The van der Waals surface area contributed by atoms with Gasteiger partial charge >= 0.3 is 6.03 Å². The highest BCUT2D eigenvalue weighted by atomic mass is 16.5. The summed E-state index contributed by atoms with van der Waals surface area (Å²) in [4.78, 5) is 38.5. The minimum Gasteiger partial charge on any atom is -0.490 e. The first-order chi connectivity index (χ1) is 14.4. The lowest BCUT2D eigenvalue weighted by Crippen LogP contribution is -2.54. The number of carbonyl (C=O) groups excluding carboxylic acids is 3. The zero-order chi connectivity index (χ0) is 21.7. The number of imide groups is 2. The fourth-order valence-corrected chi connectivity index (χ4v) is 2.87. The summed E-state index contributed by atoms with van der Waals surface area (Å²) in [6, 6.07) is 11.0. The standard InChI is InChI=1S/C23H20N2O5/c1-4-12-30-19-11-8-16(14-20(19)29-5-2)13-18-21(26)24-23(28)25(22(18)27)17-9-6-15(3)7-10-17/h1,6-11,13-14H,5,12H2,2-3H3,(H,24,26,28). The molecule has 7 nitrogen and oxygen atoms in total. The van der Waals surface area contributed by atoms with Crippen LogP contribution in [-0.4, -0.2) is 31.1 Å². The molecule has 0 unspecified atom stereocenters. The van der Waals surface area contributed by atoms with Crippen molar-refractivity contribution >= 4 is 29.6 Å². The van der Waals surface area contributed by atoms with Gasteiger partial charge in [-0.2, -0.15) is 0 Å². The molecule has 0 radical (unpaired) electrons. The molecule has 1 saturated heterocycles. The van der Waals surface area contributed by atoms with Gasteiger partial charge in [-0.15, -0.1) is 6.42 Å². The third-order valence-electron chi connectivity index (χ3n) is 4.28. The number of anilines is 1. The number of urea groups is 1. The molecule has 0 saturated carbocycles. The minimum absolute atomic E-state index is 0.0784. The maximum Gasteiger partial charge on any atom is 0.335 e. The number of amides is 4. The van der Waals surface area contributed by atoms with Crippen molar-refractivity contribution in [1.29, 1.82) is 0 Å². The maximum absolute atomic E-state index is 13.0. The fraction of sp³-hybridized carbons (Fsp3) is 0.174. The van der Waals surface area contributed by atoms with Crippen LogP contribution in [0, 0.1) is 19.3 Å². The van der Waals surface area contributed by atoms with Crippen molar-refractivity contribution in [1.82, 2.24) is 5.32 Å². The molecule has 0 aliphatic carbocycles. The summed E-state index contributed by atoms with van der Waals surface area (Å²) in [5.41, 5.74) is 1.71. The Balaban J connectivity index is 1.96. The summed E-state index contributed by atoms with van der Waals surface area (Å²) >= 11 is 0. The van der Waals surface area contributed by atoms with Crippen molar-refractivity contribution in [3.05, 3.63) is 59.2 Å². The fourth-order valence-electron chi connectivity index (χ4n) is 2.87. The molecule has 2 aromatic rings. The lowest BCUT2D eigenvalue weighted by Gasteiger charge is -2.26. The van der Waals surface area contributed by atoms with E-state index >= 15 is 0 Å². The molecule has 0 aromatic heterocycles. The number of rotatable bonds is 6. The van der Waals surface area contributed by atoms with Gasteiger partial charge in [0.05, 0.1) is 12.3 Å². The van der Waals surface area contributed by atoms with E-state index in [9.17, 15) is 14.4 Å². The molecule has 152 valence electrons. The van der Waals surface area contributed by atoms with Crippen molar-refractivity contribution in [2.45, 2.75) is 13.8 Å². The Morgan fingerprint density at radius 1 is 1.07 bits per heavy atom. The van der Waals surface area contributed by atoms with Gasteiger partial charge in [0.15, 0.2) is 11.5 Å². The zero-order valence-corrected chi connectivity index (χ0v) is 16.6. The van der Waals surface area contributed by atoms with Crippen LogP contribution in [0.1, 0.15) is 18.1 Å². The second-order valence-corrected chi connectivity index (χ2v) is 6.43. The van der Waals surface area contributed by atoms with Crippen molar-refractivity contribution in [2.24, 2.45) is 0 Å². The molecule has 0 spiro atoms. The molecule has 2 aromatic carbocycles. The van der Waals surface area contributed by atoms with E-state index in [1.165, 1.54) is 6.08 Å². The maximum atomic E-state index is 13.0. The van der Waals surface area contributed by atoms with Gasteiger partial charge in [0, 0.05) is 0 Å². The first kappa shape index (κ1) is 20.7. The Hall–Kier alpha value is -4.05. The molecule has 1 N–H and O–H groups in total. The van der Waals surface area contributed by atoms with Crippen LogP contribution in [0.15, 0.2) is 48.0 Å². The number of terminal acetylenes is 1. The van der Waals surface area contributed by atoms with Gasteiger partial charge in [0.1, 0.15) is 12.2 Å². The molecule has 0 bridgehead atoms. The van der Waals surface area contributed by atoms with Crippen LogP contribution in [0.3, 0.4) is 0 Å². The monoisotopic (exact) mass is 404 g/mol. The predicted octanol–water partition coefficient (Wildman–Crippen LogP) is 3.07. The van der Waals surface area contributed by atoms with E-state index in [1.807, 2.05) is 13.8 Å². The predicted molar refractivity (Wildman–Crippen MR) is 112 cm³/mol. The lowest BCUT2D eigenvalue weighted by atomic mass is 10.1. The van der Waals surface area contributed by atoms with Crippen LogP contribution in [0.4, 0.5) is 10.5 Å². The summed E-state index contributed by atoms with van der Waals surface area (Å²) in [5, 5.41) is 2.20. The molecule has 30 heavy (non-hydrogen) atoms. The summed E-state index contributed by atoms with van der Waals surface area (Å²) in [6.07, 6.45) is 6.63. The van der Waals surface area contributed by atoms with E-state index in [-0.39, 0.29) is 12.2 Å². The number of hydrogen-bond donors (Lipinski definition) is 1. The summed E-state index contributed by atoms with van der Waals surface area (Å²) < 4.78 is 11.0. The third-order valence-corrected chi connectivity index (χ3v) is 4.28. The molecular formula is C23H20N2O5. The van der Waals surface area contributed by atoms with E-state index in [4.69, 9.17) is 15.9 Å². The van der Waals surface area contributed by atoms with E-state index in [0.29, 0.717) is 29.4 Å². The van der Waals surface area contributed by atoms with Crippen LogP contribution >= 0.6 is 0 Å². The first-order valence-electron chi connectivity index (χ1n) is 9.25. The zero-order valence-electron chi connectivity index (χ0n) is 16.6. The quantitative estimate of drug-likeness (QED) is 0.454. The highest BCUT2D eigenvalue weighted by Crippen LogP contribution is 2.30. The Kier molecular flexibility index (Phi) is 6.18. The summed E-state index contributed by atoms with van der Waals surface area (Å²) in [6.45, 7) is 4.18. The number of ether oxygens (including phenoxy) is 2. The van der Waals surface area contributed by atoms with Crippen LogP contribution in [0.25, 0.3) is 6.08 Å². The van der Waals surface area contributed by atoms with Crippen molar-refractivity contribution in [3.63, 3.8) is 0 Å². The van der Waals surface area contributed by atoms with Crippen LogP contribution in [-0.2, 0) is 9.59 Å². The largest absolute Gasteiger partial charge is 0.490 e. The molecule has 3 rings (SSSR count). The molecule has 4 amide bonds. The SMILES string of the molecule is C#CCOc1ccc(C=C2C(=O)NC(=O)N(c3ccc(C)cc3)C2=O)cc1OCC. The second kappa shape index (κ2) is 8.97. The number of carbonyl (C=O) groups is 3. The normalized spacial score (nSPS) is 15.0. The Bertz CT molecular complexity index is 1060. The Labute approximate surface area is 174 Å². The number of aryl methyl sites for hydroxylation is 1. The van der Waals surface area contributed by atoms with Crippen molar-refractivity contribution < 1.29 is 23.9 Å². The van der Waals surface area contributed by atoms with E-state index < -0.39 is 17.8 Å². The Morgan fingerprint density at radius 2 is 1.80 bits per heavy atom. The number of benzene rings is 2. The molecule has 1 aliphatic rings. The van der Waals surface area contributed by atoms with Gasteiger partial charge in [-0.05, 0) is 49.8 Å². The number of nitrogens with zero attached hydrogens (tertiary/aromatic N) is 1. The van der Waals surface area contributed by atoms with Crippen LogP contribution in [0.2, 0.25) is 0 Å². The smallest absolute Gasteiger partial charge is 0.335 e. The van der Waals surface area contributed by atoms with Gasteiger partial charge in [0.2, 0.25) is 0 Å². The highest BCUT2D eigenvalue weighted by Gasteiger charge is 2.36. The molecular weight excluding hydrogens is 384 g/mol. The van der Waals surface area contributed by atoms with Crippen molar-refractivity contribution in [2.75, 3.05) is 18.1 Å². The van der Waals surface area contributed by atoms with Gasteiger partial charge in [0.25, 0.3) is 11.8 Å². The number of barbiturate groups is 1. The summed E-state index contributed by atoms with van der Waals surface area (Å²) in [5.74, 6) is 1.79. The average Bonchev–Trinajstić information content (AvgIpc) is 2.72. The van der Waals surface area contributed by atoms with E-state index in [0.717, 1.165) is 10.5 Å². The molecule has 7 heteroatoms. The minimum atomic E-state index is -0.793. The molecule has 1 fully saturated rings. The molecule has 1 aliphatic heterocycles. The van der Waals surface area contributed by atoms with E-state index in [2.05, 4.69) is 11.2 Å². The average molecular weight is 404 g/mol. The second-order valence-electron chi connectivity index (χ2n) is 6.43. The van der Waals surface area contributed by atoms with Crippen LogP contribution < -0.4 is 19.7 Å². The Morgan fingerprint density at radius 3 is 2.47 bits per heavy atom. The third kappa shape index (κ3) is 4.33. The summed E-state index contributed by atoms with van der Waals surface area (Å²) in [7, 11) is 0. The van der Waals surface area contributed by atoms with E-state index in [1.54, 1.807) is 42.5 Å². The van der Waals surface area contributed by atoms with Gasteiger partial charge in [-0.25, -0.2) is 9.69 Å².